The quantitative estimate of drug-likeness (QED) is 0.500. The first-order chi connectivity index (χ1) is 15.3. The number of rotatable bonds is 9. The van der Waals surface area contributed by atoms with E-state index in [-0.39, 0.29) is 37.1 Å². The van der Waals surface area contributed by atoms with Gasteiger partial charge in [0.1, 0.15) is 18.5 Å². The molecular weight excluding hydrogens is 419 g/mol. The maximum atomic E-state index is 12.6. The van der Waals surface area contributed by atoms with E-state index < -0.39 is 17.8 Å². The molecule has 1 unspecified atom stereocenters. The van der Waals surface area contributed by atoms with Crippen LogP contribution in [0.15, 0.2) is 84.9 Å². The molecular formula is C25H24F3NO3. The molecule has 0 spiro atoms. The van der Waals surface area contributed by atoms with Crippen LogP contribution < -0.4 is 10.1 Å². The molecule has 0 bridgehead atoms. The van der Waals surface area contributed by atoms with Crippen LogP contribution in [0, 0.1) is 0 Å². The molecule has 168 valence electrons. The Kier molecular flexibility index (Phi) is 7.89. The Morgan fingerprint density at radius 3 is 1.91 bits per heavy atom. The lowest BCUT2D eigenvalue weighted by molar-refractivity contribution is -0.137. The number of halogens is 3. The third kappa shape index (κ3) is 6.85. The van der Waals surface area contributed by atoms with Crippen LogP contribution >= 0.6 is 0 Å². The number of carbonyl (C=O) groups is 1. The molecule has 1 amide bonds. The number of aliphatic hydroxyl groups is 1. The second-order valence-electron chi connectivity index (χ2n) is 7.37. The Bertz CT molecular complexity index is 937. The molecule has 1 atom stereocenters. The molecule has 0 saturated carbocycles. The van der Waals surface area contributed by atoms with E-state index in [9.17, 15) is 23.1 Å². The Balaban J connectivity index is 1.50. The highest BCUT2D eigenvalue weighted by Gasteiger charge is 2.30. The van der Waals surface area contributed by atoms with E-state index in [1.54, 1.807) is 0 Å². The number of ether oxygens (including phenoxy) is 1. The lowest BCUT2D eigenvalue weighted by Crippen LogP contribution is -2.35. The van der Waals surface area contributed by atoms with E-state index in [0.29, 0.717) is 0 Å². The summed E-state index contributed by atoms with van der Waals surface area (Å²) in [5.74, 6) is -0.147. The lowest BCUT2D eigenvalue weighted by Gasteiger charge is -2.19. The first kappa shape index (κ1) is 23.3. The fourth-order valence-electron chi connectivity index (χ4n) is 3.28. The molecule has 0 fully saturated rings. The summed E-state index contributed by atoms with van der Waals surface area (Å²) >= 11 is 0. The number of nitrogens with one attached hydrogen (secondary N) is 1. The van der Waals surface area contributed by atoms with Crippen LogP contribution in [0.2, 0.25) is 0 Å². The highest BCUT2D eigenvalue weighted by Crippen LogP contribution is 2.30. The summed E-state index contributed by atoms with van der Waals surface area (Å²) in [6.07, 6.45) is -5.21. The van der Waals surface area contributed by atoms with Crippen molar-refractivity contribution in [1.82, 2.24) is 5.32 Å². The molecule has 0 aliphatic heterocycles. The minimum absolute atomic E-state index is 0.0320. The van der Waals surface area contributed by atoms with Crippen molar-refractivity contribution in [3.05, 3.63) is 102 Å². The van der Waals surface area contributed by atoms with E-state index in [0.717, 1.165) is 23.3 Å². The zero-order valence-corrected chi connectivity index (χ0v) is 17.3. The van der Waals surface area contributed by atoms with Crippen molar-refractivity contribution in [2.45, 2.75) is 24.6 Å². The third-order valence-electron chi connectivity index (χ3n) is 4.95. The van der Waals surface area contributed by atoms with Crippen molar-refractivity contribution in [3.8, 4) is 5.75 Å². The summed E-state index contributed by atoms with van der Waals surface area (Å²) in [5, 5.41) is 12.8. The second kappa shape index (κ2) is 10.8. The molecule has 0 aromatic heterocycles. The van der Waals surface area contributed by atoms with Gasteiger partial charge >= 0.3 is 6.18 Å². The third-order valence-corrected chi connectivity index (χ3v) is 4.95. The van der Waals surface area contributed by atoms with Gasteiger partial charge in [0.2, 0.25) is 5.91 Å². The van der Waals surface area contributed by atoms with Gasteiger partial charge in [0.05, 0.1) is 5.56 Å². The average Bonchev–Trinajstić information content (AvgIpc) is 2.80. The van der Waals surface area contributed by atoms with Crippen molar-refractivity contribution in [2.75, 3.05) is 13.2 Å². The lowest BCUT2D eigenvalue weighted by atomic mass is 9.88. The summed E-state index contributed by atoms with van der Waals surface area (Å²) in [4.78, 5) is 12.5. The van der Waals surface area contributed by atoms with E-state index in [1.807, 2.05) is 60.7 Å². The largest absolute Gasteiger partial charge is 0.491 e. The van der Waals surface area contributed by atoms with E-state index >= 15 is 0 Å². The van der Waals surface area contributed by atoms with Crippen molar-refractivity contribution in [1.29, 1.82) is 0 Å². The highest BCUT2D eigenvalue weighted by molar-refractivity contribution is 5.77. The summed E-state index contributed by atoms with van der Waals surface area (Å²) in [7, 11) is 0. The van der Waals surface area contributed by atoms with Crippen LogP contribution in [0.25, 0.3) is 0 Å². The van der Waals surface area contributed by atoms with E-state index in [4.69, 9.17) is 4.74 Å². The molecule has 3 rings (SSSR count). The molecule has 0 saturated heterocycles. The normalized spacial score (nSPS) is 12.4. The zero-order chi connectivity index (χ0) is 23.0. The zero-order valence-electron chi connectivity index (χ0n) is 17.3. The standard InChI is InChI=1S/C25H24F3NO3/c26-25(27,28)20-11-13-22(14-12-20)32-17-21(30)16-29-24(31)15-23(18-7-3-1-4-8-18)19-9-5-2-6-10-19/h1-14,21,23,30H,15-17H2,(H,29,31). The summed E-state index contributed by atoms with van der Waals surface area (Å²) in [6, 6.07) is 23.6. The molecule has 3 aromatic rings. The minimum atomic E-state index is -4.42. The molecule has 32 heavy (non-hydrogen) atoms. The van der Waals surface area contributed by atoms with Gasteiger partial charge < -0.3 is 15.2 Å². The molecule has 3 aromatic carbocycles. The highest BCUT2D eigenvalue weighted by atomic mass is 19.4. The van der Waals surface area contributed by atoms with Crippen LogP contribution in [0.4, 0.5) is 13.2 Å². The fraction of sp³-hybridized carbons (Fsp3) is 0.240. The topological polar surface area (TPSA) is 58.6 Å². The van der Waals surface area contributed by atoms with Gasteiger partial charge in [-0.2, -0.15) is 13.2 Å². The number of amides is 1. The fourth-order valence-corrected chi connectivity index (χ4v) is 3.28. The Labute approximate surface area is 184 Å². The summed E-state index contributed by atoms with van der Waals surface area (Å²) in [6.45, 7) is -0.192. The maximum absolute atomic E-state index is 12.6. The number of alkyl halides is 3. The van der Waals surface area contributed by atoms with Crippen LogP contribution in [0.3, 0.4) is 0 Å². The van der Waals surface area contributed by atoms with Crippen molar-refractivity contribution < 1.29 is 27.8 Å². The maximum Gasteiger partial charge on any atom is 0.416 e. The van der Waals surface area contributed by atoms with Crippen molar-refractivity contribution in [2.24, 2.45) is 0 Å². The smallest absolute Gasteiger partial charge is 0.416 e. The monoisotopic (exact) mass is 443 g/mol. The SMILES string of the molecule is O=C(CC(c1ccccc1)c1ccccc1)NCC(O)COc1ccc(C(F)(F)F)cc1. The average molecular weight is 443 g/mol. The van der Waals surface area contributed by atoms with Gasteiger partial charge in [-0.05, 0) is 35.4 Å². The molecule has 0 aliphatic rings. The van der Waals surface area contributed by atoms with E-state index in [1.165, 1.54) is 12.1 Å². The molecule has 4 nitrogen and oxygen atoms in total. The van der Waals surface area contributed by atoms with Gasteiger partial charge in [-0.1, -0.05) is 60.7 Å². The molecule has 7 heteroatoms. The van der Waals surface area contributed by atoms with Crippen LogP contribution in [-0.4, -0.2) is 30.3 Å². The number of hydrogen-bond acceptors (Lipinski definition) is 3. The first-order valence-corrected chi connectivity index (χ1v) is 10.2. The number of aliphatic hydroxyl groups excluding tert-OH is 1. The minimum Gasteiger partial charge on any atom is -0.491 e. The number of carbonyl (C=O) groups excluding carboxylic acids is 1. The molecule has 2 N–H and O–H groups in total. The summed E-state index contributed by atoms with van der Waals surface area (Å²) in [5.41, 5.74) is 1.25. The number of benzene rings is 3. The van der Waals surface area contributed by atoms with Gasteiger partial charge in [-0.25, -0.2) is 0 Å². The van der Waals surface area contributed by atoms with Crippen molar-refractivity contribution in [3.63, 3.8) is 0 Å². The van der Waals surface area contributed by atoms with Gasteiger partial charge in [-0.3, -0.25) is 4.79 Å². The summed E-state index contributed by atoms with van der Waals surface area (Å²) < 4.78 is 43.1. The van der Waals surface area contributed by atoms with Crippen molar-refractivity contribution >= 4 is 5.91 Å². The van der Waals surface area contributed by atoms with Gasteiger partial charge in [0.25, 0.3) is 0 Å². The Hall–Kier alpha value is -3.32. The van der Waals surface area contributed by atoms with Crippen LogP contribution in [-0.2, 0) is 11.0 Å². The van der Waals surface area contributed by atoms with E-state index in [2.05, 4.69) is 5.32 Å². The second-order valence-corrected chi connectivity index (χ2v) is 7.37. The van der Waals surface area contributed by atoms with Gasteiger partial charge in [0.15, 0.2) is 0 Å². The molecule has 0 radical (unpaired) electrons. The van der Waals surface area contributed by atoms with Gasteiger partial charge in [-0.15, -0.1) is 0 Å². The number of hydrogen-bond donors (Lipinski definition) is 2. The van der Waals surface area contributed by atoms with Crippen LogP contribution in [0.1, 0.15) is 29.0 Å². The Morgan fingerprint density at radius 2 is 1.41 bits per heavy atom. The molecule has 0 aliphatic carbocycles. The van der Waals surface area contributed by atoms with Gasteiger partial charge in [0, 0.05) is 18.9 Å². The van der Waals surface area contributed by atoms with Crippen LogP contribution in [0.5, 0.6) is 5.75 Å². The predicted octanol–water partition coefficient (Wildman–Crippen LogP) is 4.78. The first-order valence-electron chi connectivity index (χ1n) is 10.2. The predicted molar refractivity (Wildman–Crippen MR) is 115 cm³/mol. The Morgan fingerprint density at radius 1 is 0.875 bits per heavy atom. The molecule has 0 heterocycles.